The Labute approximate surface area is 189 Å². The van der Waals surface area contributed by atoms with Gasteiger partial charge in [-0.25, -0.2) is 14.6 Å². The van der Waals surface area contributed by atoms with Crippen molar-refractivity contribution in [3.8, 4) is 0 Å². The molecule has 2 aliphatic rings. The predicted molar refractivity (Wildman–Crippen MR) is 125 cm³/mol. The first-order valence-electron chi connectivity index (χ1n) is 11.5. The van der Waals surface area contributed by atoms with Crippen molar-refractivity contribution in [3.05, 3.63) is 36.2 Å². The first kappa shape index (κ1) is 21.3. The highest BCUT2D eigenvalue weighted by atomic mass is 16.7. The summed E-state index contributed by atoms with van der Waals surface area (Å²) in [5.74, 6) is 0.816. The molecule has 0 saturated carbocycles. The maximum absolute atomic E-state index is 6.20. The minimum Gasteiger partial charge on any atom is -0.399 e. The van der Waals surface area contributed by atoms with Gasteiger partial charge in [-0.05, 0) is 70.1 Å². The summed E-state index contributed by atoms with van der Waals surface area (Å²) < 4.78 is 14.5. The van der Waals surface area contributed by atoms with E-state index < -0.39 is 7.12 Å². The van der Waals surface area contributed by atoms with Gasteiger partial charge in [0, 0.05) is 25.5 Å². The maximum Gasteiger partial charge on any atom is 0.494 e. The van der Waals surface area contributed by atoms with Gasteiger partial charge < -0.3 is 14.2 Å². The fraction of sp³-hybridized carbons (Fsp3) is 0.565. The Hall–Kier alpha value is -2.52. The summed E-state index contributed by atoms with van der Waals surface area (Å²) in [6, 6.07) is 6.52. The summed E-state index contributed by atoms with van der Waals surface area (Å²) in [7, 11) is -0.392. The zero-order valence-corrected chi connectivity index (χ0v) is 19.6. The van der Waals surface area contributed by atoms with Gasteiger partial charge in [0.25, 0.3) is 0 Å². The minimum absolute atomic E-state index is 0.314. The average Bonchev–Trinajstić information content (AvgIpc) is 3.30. The predicted octanol–water partition coefficient (Wildman–Crippen LogP) is 2.92. The first-order valence-corrected chi connectivity index (χ1v) is 11.5. The Morgan fingerprint density at radius 1 is 1.03 bits per heavy atom. The molecule has 32 heavy (non-hydrogen) atoms. The lowest BCUT2D eigenvalue weighted by Gasteiger charge is -2.32. The van der Waals surface area contributed by atoms with Gasteiger partial charge in [0.2, 0.25) is 5.95 Å². The number of rotatable bonds is 4. The molecule has 2 aromatic heterocycles. The van der Waals surface area contributed by atoms with E-state index in [9.17, 15) is 0 Å². The third-order valence-corrected chi connectivity index (χ3v) is 7.21. The third-order valence-electron chi connectivity index (χ3n) is 7.21. The molecule has 2 saturated heterocycles. The van der Waals surface area contributed by atoms with E-state index in [0.717, 1.165) is 60.4 Å². The summed E-state index contributed by atoms with van der Waals surface area (Å²) in [4.78, 5) is 11.3. The van der Waals surface area contributed by atoms with E-state index >= 15 is 0 Å². The van der Waals surface area contributed by atoms with Crippen molar-refractivity contribution in [2.45, 2.75) is 71.1 Å². The summed E-state index contributed by atoms with van der Waals surface area (Å²) in [5, 5.41) is 8.96. The van der Waals surface area contributed by atoms with E-state index in [1.807, 2.05) is 18.5 Å². The molecule has 5 rings (SSSR count). The molecule has 4 heterocycles. The van der Waals surface area contributed by atoms with E-state index in [2.05, 4.69) is 76.6 Å². The molecule has 9 heteroatoms. The van der Waals surface area contributed by atoms with E-state index in [1.165, 1.54) is 0 Å². The van der Waals surface area contributed by atoms with Crippen LogP contribution in [-0.4, -0.2) is 56.4 Å². The van der Waals surface area contributed by atoms with Crippen LogP contribution in [0.15, 0.2) is 30.6 Å². The van der Waals surface area contributed by atoms with E-state index in [-0.39, 0.29) is 11.2 Å². The highest BCUT2D eigenvalue weighted by Crippen LogP contribution is 2.36. The molecule has 1 aromatic carbocycles. The number of aryl methyl sites for hydroxylation is 1. The lowest BCUT2D eigenvalue weighted by Crippen LogP contribution is -2.41. The Bertz CT molecular complexity index is 1090. The molecule has 0 bridgehead atoms. The van der Waals surface area contributed by atoms with E-state index in [0.29, 0.717) is 6.04 Å². The van der Waals surface area contributed by atoms with Gasteiger partial charge in [0.15, 0.2) is 0 Å². The molecule has 0 atom stereocenters. The summed E-state index contributed by atoms with van der Waals surface area (Å²) >= 11 is 0. The fourth-order valence-electron chi connectivity index (χ4n) is 4.36. The van der Waals surface area contributed by atoms with Gasteiger partial charge in [-0.1, -0.05) is 18.2 Å². The lowest BCUT2D eigenvalue weighted by molar-refractivity contribution is 0.00578. The number of piperidine rings is 1. The average molecular weight is 434 g/mol. The van der Waals surface area contributed by atoms with Crippen LogP contribution in [0.5, 0.6) is 0 Å². The van der Waals surface area contributed by atoms with Gasteiger partial charge in [0.05, 0.1) is 22.8 Å². The molecule has 0 unspecified atom stereocenters. The van der Waals surface area contributed by atoms with Crippen molar-refractivity contribution in [3.63, 3.8) is 0 Å². The highest BCUT2D eigenvalue weighted by molar-refractivity contribution is 6.62. The van der Waals surface area contributed by atoms with E-state index in [4.69, 9.17) is 9.31 Å². The van der Waals surface area contributed by atoms with Gasteiger partial charge in [0.1, 0.15) is 5.52 Å². The van der Waals surface area contributed by atoms with Crippen LogP contribution in [0.4, 0.5) is 5.95 Å². The molecule has 0 amide bonds. The molecule has 3 aromatic rings. The van der Waals surface area contributed by atoms with Crippen LogP contribution < -0.4 is 10.4 Å². The van der Waals surface area contributed by atoms with Crippen molar-refractivity contribution >= 4 is 29.6 Å². The molecule has 8 nitrogen and oxygen atoms in total. The Morgan fingerprint density at radius 2 is 1.69 bits per heavy atom. The van der Waals surface area contributed by atoms with Crippen molar-refractivity contribution in [1.29, 1.82) is 0 Å². The Morgan fingerprint density at radius 3 is 2.31 bits per heavy atom. The topological polar surface area (TPSA) is 78.2 Å². The minimum atomic E-state index is -0.392. The molecule has 168 valence electrons. The van der Waals surface area contributed by atoms with Crippen LogP contribution in [0.1, 0.15) is 59.1 Å². The van der Waals surface area contributed by atoms with Crippen molar-refractivity contribution in [2.24, 2.45) is 0 Å². The highest BCUT2D eigenvalue weighted by Gasteiger charge is 2.51. The zero-order chi connectivity index (χ0) is 22.5. The normalized spacial score (nSPS) is 20.9. The van der Waals surface area contributed by atoms with Crippen molar-refractivity contribution < 1.29 is 9.31 Å². The molecule has 0 aliphatic carbocycles. The molecule has 0 spiro atoms. The van der Waals surface area contributed by atoms with Gasteiger partial charge in [-0.3, -0.25) is 0 Å². The molecule has 0 radical (unpaired) electrons. The number of aromatic nitrogens is 5. The summed E-state index contributed by atoms with van der Waals surface area (Å²) in [6.45, 7) is 12.2. The van der Waals surface area contributed by atoms with Crippen LogP contribution in [-0.2, 0) is 15.7 Å². The van der Waals surface area contributed by atoms with Gasteiger partial charge in [-0.15, -0.1) is 5.10 Å². The zero-order valence-electron chi connectivity index (χ0n) is 19.6. The van der Waals surface area contributed by atoms with Crippen LogP contribution >= 0.6 is 0 Å². The quantitative estimate of drug-likeness (QED) is 0.585. The van der Waals surface area contributed by atoms with E-state index in [1.54, 1.807) is 0 Å². The van der Waals surface area contributed by atoms with Crippen molar-refractivity contribution in [2.75, 3.05) is 18.0 Å². The first-order chi connectivity index (χ1) is 15.3. The second-order valence-electron chi connectivity index (χ2n) is 9.83. The van der Waals surface area contributed by atoms with Crippen LogP contribution in [0, 0.1) is 0 Å². The number of fused-ring (bicyclic) bond motifs is 1. The molecule has 0 N–H and O–H groups in total. The molecular weight excluding hydrogens is 403 g/mol. The van der Waals surface area contributed by atoms with Gasteiger partial charge in [-0.2, -0.15) is 0 Å². The molecule has 2 fully saturated rings. The number of nitrogens with zero attached hydrogens (tertiary/aromatic N) is 6. The molecule has 2 aliphatic heterocycles. The summed E-state index contributed by atoms with van der Waals surface area (Å²) in [5.41, 5.74) is 3.34. The van der Waals surface area contributed by atoms with Crippen molar-refractivity contribution in [1.82, 2.24) is 25.0 Å². The fourth-order valence-corrected chi connectivity index (χ4v) is 4.36. The second kappa shape index (κ2) is 7.81. The lowest BCUT2D eigenvalue weighted by atomic mass is 9.79. The van der Waals surface area contributed by atoms with Gasteiger partial charge >= 0.3 is 7.12 Å². The number of hydrogen-bond donors (Lipinski definition) is 0. The van der Waals surface area contributed by atoms with Crippen LogP contribution in [0.3, 0.4) is 0 Å². The monoisotopic (exact) mass is 434 g/mol. The summed E-state index contributed by atoms with van der Waals surface area (Å²) in [6.07, 6.45) is 6.78. The Kier molecular flexibility index (Phi) is 5.21. The number of hydrogen-bond acceptors (Lipinski definition) is 7. The standard InChI is InChI=1S/C23H31BN6O2/c1-6-16-14-25-21(26-15-16)29-11-9-18(10-12-29)30-20-8-7-17(13-19(20)27-28-30)24-31-22(2,3)23(4,5)32-24/h7-8,13-15,18H,6,9-12H2,1-5H3. The maximum atomic E-state index is 6.20. The number of benzene rings is 1. The number of anilines is 1. The third kappa shape index (κ3) is 3.67. The van der Waals surface area contributed by atoms with Crippen LogP contribution in [0.2, 0.25) is 0 Å². The molecular formula is C23H31BN6O2. The second-order valence-corrected chi connectivity index (χ2v) is 9.83. The Balaban J connectivity index is 1.30. The smallest absolute Gasteiger partial charge is 0.399 e. The largest absolute Gasteiger partial charge is 0.494 e. The SMILES string of the molecule is CCc1cnc(N2CCC(n3nnc4cc(B5OC(C)(C)C(C)(C)O5)ccc43)CC2)nc1. The van der Waals surface area contributed by atoms with Crippen LogP contribution in [0.25, 0.3) is 11.0 Å².